The van der Waals surface area contributed by atoms with Crippen LogP contribution in [-0.2, 0) is 0 Å². The number of para-hydroxylation sites is 1. The maximum absolute atomic E-state index is 9.31. The van der Waals surface area contributed by atoms with Crippen molar-refractivity contribution in [3.63, 3.8) is 0 Å². The van der Waals surface area contributed by atoms with Crippen molar-refractivity contribution in [2.45, 2.75) is 32.1 Å². The Kier molecular flexibility index (Phi) is 3.28. The van der Waals surface area contributed by atoms with Gasteiger partial charge in [-0.15, -0.1) is 11.3 Å². The summed E-state index contributed by atoms with van der Waals surface area (Å²) in [7, 11) is 0. The van der Waals surface area contributed by atoms with Crippen LogP contribution < -0.4 is 0 Å². The Morgan fingerprint density at radius 1 is 1.22 bits per heavy atom. The summed E-state index contributed by atoms with van der Waals surface area (Å²) in [5.74, 6) is 0.379. The van der Waals surface area contributed by atoms with E-state index < -0.39 is 0 Å². The van der Waals surface area contributed by atoms with E-state index in [9.17, 15) is 5.21 Å². The maximum atomic E-state index is 9.31. The van der Waals surface area contributed by atoms with Crippen molar-refractivity contribution in [2.24, 2.45) is 11.1 Å². The summed E-state index contributed by atoms with van der Waals surface area (Å²) < 4.78 is 1.16. The molecule has 1 aromatic heterocycles. The number of hydrogen-bond donors (Lipinski definition) is 1. The lowest BCUT2D eigenvalue weighted by molar-refractivity contribution is 0.310. The molecule has 0 unspecified atom stereocenters. The molecular weight excluding hydrogens is 244 g/mol. The Morgan fingerprint density at radius 3 is 2.72 bits per heavy atom. The predicted octanol–water partition coefficient (Wildman–Crippen LogP) is 4.05. The molecule has 3 nitrogen and oxygen atoms in total. The van der Waals surface area contributed by atoms with Crippen molar-refractivity contribution >= 4 is 27.3 Å². The van der Waals surface area contributed by atoms with Gasteiger partial charge in [0.1, 0.15) is 10.7 Å². The van der Waals surface area contributed by atoms with Gasteiger partial charge in [-0.2, -0.15) is 0 Å². The average molecular weight is 260 g/mol. The van der Waals surface area contributed by atoms with Gasteiger partial charge < -0.3 is 5.21 Å². The minimum absolute atomic E-state index is 0.379. The van der Waals surface area contributed by atoms with Gasteiger partial charge in [0, 0.05) is 5.92 Å². The smallest absolute Gasteiger partial charge is 0.142 e. The van der Waals surface area contributed by atoms with Crippen LogP contribution in [0.4, 0.5) is 0 Å². The van der Waals surface area contributed by atoms with Gasteiger partial charge in [0.15, 0.2) is 0 Å². The summed E-state index contributed by atoms with van der Waals surface area (Å²) in [6.07, 6.45) is 6.00. The molecule has 0 spiro atoms. The molecule has 1 fully saturated rings. The molecule has 0 radical (unpaired) electrons. The summed E-state index contributed by atoms with van der Waals surface area (Å²) in [5, 5.41) is 13.7. The maximum Gasteiger partial charge on any atom is 0.142 e. The summed E-state index contributed by atoms with van der Waals surface area (Å²) in [4.78, 5) is 4.59. The zero-order valence-electron chi connectivity index (χ0n) is 10.2. The van der Waals surface area contributed by atoms with Crippen molar-refractivity contribution < 1.29 is 5.21 Å². The molecule has 1 N–H and O–H groups in total. The second-order valence-electron chi connectivity index (χ2n) is 4.81. The van der Waals surface area contributed by atoms with Crippen LogP contribution in [-0.4, -0.2) is 15.9 Å². The number of rotatable bonds is 2. The summed E-state index contributed by atoms with van der Waals surface area (Å²) in [6.45, 7) is 0. The van der Waals surface area contributed by atoms with Crippen LogP contribution in [0.3, 0.4) is 0 Å². The van der Waals surface area contributed by atoms with Gasteiger partial charge in [0.05, 0.1) is 10.2 Å². The fourth-order valence-electron chi connectivity index (χ4n) is 2.66. The number of hydrogen-bond acceptors (Lipinski definition) is 4. The first-order valence-corrected chi connectivity index (χ1v) is 7.28. The Labute approximate surface area is 110 Å². The zero-order chi connectivity index (χ0) is 12.4. The third-order valence-electron chi connectivity index (χ3n) is 3.61. The number of benzene rings is 1. The third kappa shape index (κ3) is 2.12. The molecule has 1 aliphatic carbocycles. The lowest BCUT2D eigenvalue weighted by Crippen LogP contribution is -2.18. The topological polar surface area (TPSA) is 45.5 Å². The highest BCUT2D eigenvalue weighted by atomic mass is 32.1. The minimum atomic E-state index is 0.379. The molecule has 0 aliphatic heterocycles. The first-order chi connectivity index (χ1) is 8.88. The van der Waals surface area contributed by atoms with Crippen molar-refractivity contribution in [2.75, 3.05) is 0 Å². The number of fused-ring (bicyclic) bond motifs is 1. The Bertz CT molecular complexity index is 537. The van der Waals surface area contributed by atoms with Gasteiger partial charge in [0.25, 0.3) is 0 Å². The van der Waals surface area contributed by atoms with E-state index in [0.717, 1.165) is 33.8 Å². The molecule has 1 aliphatic rings. The number of nitrogens with zero attached hydrogens (tertiary/aromatic N) is 2. The second-order valence-corrected chi connectivity index (χ2v) is 5.84. The monoisotopic (exact) mass is 260 g/mol. The largest absolute Gasteiger partial charge is 0.411 e. The Hall–Kier alpha value is -1.42. The van der Waals surface area contributed by atoms with Crippen molar-refractivity contribution in [3.8, 4) is 0 Å². The average Bonchev–Trinajstić information content (AvgIpc) is 2.84. The highest BCUT2D eigenvalue weighted by Crippen LogP contribution is 2.30. The standard InChI is InChI=1S/C14H16N2OS/c17-16-13(10-6-2-1-3-7-10)14-15-11-8-4-5-9-12(11)18-14/h4-5,8-10,17H,1-3,6-7H2/b16-13+. The van der Waals surface area contributed by atoms with Crippen LogP contribution in [0, 0.1) is 5.92 Å². The molecule has 0 amide bonds. The highest BCUT2D eigenvalue weighted by molar-refractivity contribution is 7.20. The Morgan fingerprint density at radius 2 is 2.00 bits per heavy atom. The quantitative estimate of drug-likeness (QED) is 0.503. The third-order valence-corrected chi connectivity index (χ3v) is 4.67. The summed E-state index contributed by atoms with van der Waals surface area (Å²) in [6, 6.07) is 8.07. The molecule has 18 heavy (non-hydrogen) atoms. The van der Waals surface area contributed by atoms with E-state index in [4.69, 9.17) is 0 Å². The minimum Gasteiger partial charge on any atom is -0.411 e. The number of oxime groups is 1. The van der Waals surface area contributed by atoms with E-state index in [1.807, 2.05) is 18.2 Å². The lowest BCUT2D eigenvalue weighted by Gasteiger charge is -2.20. The normalized spacial score (nSPS) is 18.3. The highest BCUT2D eigenvalue weighted by Gasteiger charge is 2.23. The van der Waals surface area contributed by atoms with Gasteiger partial charge in [-0.05, 0) is 25.0 Å². The van der Waals surface area contributed by atoms with Crippen LogP contribution in [0.2, 0.25) is 0 Å². The van der Waals surface area contributed by atoms with Crippen molar-refractivity contribution in [3.05, 3.63) is 29.3 Å². The van der Waals surface area contributed by atoms with Crippen LogP contribution in [0.1, 0.15) is 37.1 Å². The first kappa shape index (κ1) is 11.7. The van der Waals surface area contributed by atoms with E-state index in [-0.39, 0.29) is 0 Å². The van der Waals surface area contributed by atoms with Gasteiger partial charge in [0.2, 0.25) is 0 Å². The summed E-state index contributed by atoms with van der Waals surface area (Å²) >= 11 is 1.62. The molecule has 0 saturated heterocycles. The van der Waals surface area contributed by atoms with Gasteiger partial charge in [-0.1, -0.05) is 36.6 Å². The van der Waals surface area contributed by atoms with Gasteiger partial charge >= 0.3 is 0 Å². The fourth-order valence-corrected chi connectivity index (χ4v) is 3.69. The lowest BCUT2D eigenvalue weighted by atomic mass is 9.86. The van der Waals surface area contributed by atoms with Crippen LogP contribution in [0.25, 0.3) is 10.2 Å². The number of thiazole rings is 1. The van der Waals surface area contributed by atoms with E-state index in [1.165, 1.54) is 19.3 Å². The number of aromatic nitrogens is 1. The molecule has 4 heteroatoms. The fraction of sp³-hybridized carbons (Fsp3) is 0.429. The molecule has 1 aromatic carbocycles. The molecule has 1 saturated carbocycles. The molecule has 0 atom stereocenters. The van der Waals surface area contributed by atoms with Gasteiger partial charge in [-0.25, -0.2) is 4.98 Å². The molecule has 3 rings (SSSR count). The molecule has 94 valence electrons. The van der Waals surface area contributed by atoms with E-state index in [0.29, 0.717) is 5.92 Å². The van der Waals surface area contributed by atoms with E-state index >= 15 is 0 Å². The molecule has 0 bridgehead atoms. The van der Waals surface area contributed by atoms with Gasteiger partial charge in [-0.3, -0.25) is 0 Å². The van der Waals surface area contributed by atoms with Crippen LogP contribution in [0.5, 0.6) is 0 Å². The van der Waals surface area contributed by atoms with Crippen LogP contribution >= 0.6 is 11.3 Å². The van der Waals surface area contributed by atoms with Crippen molar-refractivity contribution in [1.29, 1.82) is 0 Å². The molecule has 1 heterocycles. The van der Waals surface area contributed by atoms with Crippen LogP contribution in [0.15, 0.2) is 29.4 Å². The van der Waals surface area contributed by atoms with E-state index in [1.54, 1.807) is 11.3 Å². The first-order valence-electron chi connectivity index (χ1n) is 6.46. The summed E-state index contributed by atoms with van der Waals surface area (Å²) in [5.41, 5.74) is 1.78. The van der Waals surface area contributed by atoms with E-state index in [2.05, 4.69) is 16.2 Å². The SMILES string of the molecule is O/N=C(/c1nc2ccccc2s1)C1CCCCC1. The molecule has 2 aromatic rings. The second kappa shape index (κ2) is 5.06. The molecular formula is C14H16N2OS. The van der Waals surface area contributed by atoms with Crippen molar-refractivity contribution in [1.82, 2.24) is 4.98 Å². The predicted molar refractivity (Wildman–Crippen MR) is 74.5 cm³/mol. The Balaban J connectivity index is 1.95. The zero-order valence-corrected chi connectivity index (χ0v) is 11.0.